The van der Waals surface area contributed by atoms with Crippen LogP contribution in [0.15, 0.2) is 54.9 Å². The van der Waals surface area contributed by atoms with Crippen LogP contribution < -0.4 is 10.6 Å². The van der Waals surface area contributed by atoms with E-state index in [1.54, 1.807) is 0 Å². The number of hydrogen-bond acceptors (Lipinski definition) is 4. The summed E-state index contributed by atoms with van der Waals surface area (Å²) in [5.74, 6) is -1.12. The van der Waals surface area contributed by atoms with Crippen molar-refractivity contribution in [1.82, 2.24) is 9.97 Å². The van der Waals surface area contributed by atoms with Crippen molar-refractivity contribution in [2.75, 3.05) is 10.6 Å². The molecule has 1 amide bonds. The van der Waals surface area contributed by atoms with Gasteiger partial charge in [0.2, 0.25) is 5.95 Å². The van der Waals surface area contributed by atoms with Crippen LogP contribution in [0, 0.1) is 11.6 Å². The van der Waals surface area contributed by atoms with E-state index in [9.17, 15) is 13.6 Å². The molecule has 3 aromatic rings. The molecule has 5 nitrogen and oxygen atoms in total. The van der Waals surface area contributed by atoms with E-state index < -0.39 is 17.5 Å². The molecular weight excluding hydrogens is 350 g/mol. The number of amides is 1. The number of nitrogens with one attached hydrogen (secondary N) is 2. The SMILES string of the molecule is O=C(Nc1ccc(F)cc1)c1cnc(Nc2ccc(F)c(Cl)c2)nc1. The predicted octanol–water partition coefficient (Wildman–Crippen LogP) is 4.40. The molecule has 3 rings (SSSR count). The van der Waals surface area contributed by atoms with Gasteiger partial charge in [-0.1, -0.05) is 11.6 Å². The van der Waals surface area contributed by atoms with Crippen LogP contribution in [0.2, 0.25) is 5.02 Å². The Morgan fingerprint density at radius 1 is 0.960 bits per heavy atom. The lowest BCUT2D eigenvalue weighted by molar-refractivity contribution is 0.102. The molecule has 8 heteroatoms. The molecule has 0 aliphatic rings. The van der Waals surface area contributed by atoms with Gasteiger partial charge in [-0.25, -0.2) is 18.7 Å². The Labute approximate surface area is 146 Å². The fourth-order valence-electron chi connectivity index (χ4n) is 1.95. The third-order valence-electron chi connectivity index (χ3n) is 3.19. The first-order valence-electron chi connectivity index (χ1n) is 7.12. The van der Waals surface area contributed by atoms with Gasteiger partial charge in [0, 0.05) is 23.8 Å². The third kappa shape index (κ3) is 4.27. The van der Waals surface area contributed by atoms with Crippen molar-refractivity contribution in [3.05, 3.63) is 77.1 Å². The molecule has 0 bridgehead atoms. The van der Waals surface area contributed by atoms with Gasteiger partial charge < -0.3 is 10.6 Å². The molecule has 0 fully saturated rings. The quantitative estimate of drug-likeness (QED) is 0.723. The van der Waals surface area contributed by atoms with Crippen LogP contribution in [0.4, 0.5) is 26.1 Å². The van der Waals surface area contributed by atoms with Gasteiger partial charge in [0.05, 0.1) is 10.6 Å². The van der Waals surface area contributed by atoms with E-state index >= 15 is 0 Å². The minimum absolute atomic E-state index is 0.0275. The first-order chi connectivity index (χ1) is 12.0. The number of nitrogens with zero attached hydrogens (tertiary/aromatic N) is 2. The number of rotatable bonds is 4. The second-order valence-electron chi connectivity index (χ2n) is 5.01. The van der Waals surface area contributed by atoms with Crippen LogP contribution in [0.3, 0.4) is 0 Å². The molecule has 0 radical (unpaired) electrons. The van der Waals surface area contributed by atoms with Gasteiger partial charge in [-0.15, -0.1) is 0 Å². The number of halogens is 3. The van der Waals surface area contributed by atoms with E-state index in [1.165, 1.54) is 54.9 Å². The molecule has 0 unspecified atom stereocenters. The van der Waals surface area contributed by atoms with Gasteiger partial charge in [0.1, 0.15) is 11.6 Å². The van der Waals surface area contributed by atoms with E-state index in [0.717, 1.165) is 0 Å². The molecule has 0 saturated heterocycles. The summed E-state index contributed by atoms with van der Waals surface area (Å²) < 4.78 is 26.0. The molecule has 25 heavy (non-hydrogen) atoms. The Kier molecular flexibility index (Phi) is 4.85. The summed E-state index contributed by atoms with van der Waals surface area (Å²) in [6.45, 7) is 0. The molecule has 0 aliphatic carbocycles. The monoisotopic (exact) mass is 360 g/mol. The Morgan fingerprint density at radius 3 is 2.24 bits per heavy atom. The summed E-state index contributed by atoms with van der Waals surface area (Å²) in [5.41, 5.74) is 1.19. The topological polar surface area (TPSA) is 66.9 Å². The number of carbonyl (C=O) groups excluding carboxylic acids is 1. The summed E-state index contributed by atoms with van der Waals surface area (Å²) in [4.78, 5) is 20.1. The van der Waals surface area contributed by atoms with E-state index in [0.29, 0.717) is 11.4 Å². The minimum atomic E-state index is -0.527. The average Bonchev–Trinajstić information content (AvgIpc) is 2.61. The third-order valence-corrected chi connectivity index (χ3v) is 3.48. The fraction of sp³-hybridized carbons (Fsp3) is 0. The molecule has 1 heterocycles. The highest BCUT2D eigenvalue weighted by Crippen LogP contribution is 2.21. The Balaban J connectivity index is 1.67. The highest BCUT2D eigenvalue weighted by atomic mass is 35.5. The highest BCUT2D eigenvalue weighted by molar-refractivity contribution is 6.31. The molecule has 126 valence electrons. The van der Waals surface area contributed by atoms with Gasteiger partial charge in [0.25, 0.3) is 5.91 Å². The zero-order valence-corrected chi connectivity index (χ0v) is 13.4. The van der Waals surface area contributed by atoms with Crippen molar-refractivity contribution in [1.29, 1.82) is 0 Å². The van der Waals surface area contributed by atoms with Gasteiger partial charge >= 0.3 is 0 Å². The van der Waals surface area contributed by atoms with Gasteiger partial charge in [-0.2, -0.15) is 0 Å². The van der Waals surface area contributed by atoms with Gasteiger partial charge in [0.15, 0.2) is 0 Å². The number of aromatic nitrogens is 2. The lowest BCUT2D eigenvalue weighted by atomic mass is 10.2. The number of hydrogen-bond donors (Lipinski definition) is 2. The van der Waals surface area contributed by atoms with Crippen molar-refractivity contribution >= 4 is 34.8 Å². The van der Waals surface area contributed by atoms with Crippen molar-refractivity contribution in [2.45, 2.75) is 0 Å². The van der Waals surface area contributed by atoms with Crippen LogP contribution in [0.25, 0.3) is 0 Å². The van der Waals surface area contributed by atoms with Crippen molar-refractivity contribution < 1.29 is 13.6 Å². The normalized spacial score (nSPS) is 10.4. The standard InChI is InChI=1S/C17H11ClF2N4O/c18-14-7-13(5-6-15(14)20)24-17-21-8-10(9-22-17)16(25)23-12-3-1-11(19)2-4-12/h1-9H,(H,23,25)(H,21,22,24). The fourth-order valence-corrected chi connectivity index (χ4v) is 2.13. The molecule has 1 aromatic heterocycles. The van der Waals surface area contributed by atoms with Crippen molar-refractivity contribution in [3.63, 3.8) is 0 Å². The molecule has 0 saturated carbocycles. The second kappa shape index (κ2) is 7.23. The maximum Gasteiger partial charge on any atom is 0.258 e. The second-order valence-corrected chi connectivity index (χ2v) is 5.42. The number of benzene rings is 2. The van der Waals surface area contributed by atoms with Crippen molar-refractivity contribution in [3.8, 4) is 0 Å². The predicted molar refractivity (Wildman–Crippen MR) is 91.1 cm³/mol. The average molecular weight is 361 g/mol. The van der Waals surface area contributed by atoms with E-state index in [4.69, 9.17) is 11.6 Å². The van der Waals surface area contributed by atoms with Crippen LogP contribution >= 0.6 is 11.6 Å². The van der Waals surface area contributed by atoms with Gasteiger partial charge in [-0.3, -0.25) is 4.79 Å². The molecule has 2 N–H and O–H groups in total. The van der Waals surface area contributed by atoms with Gasteiger partial charge in [-0.05, 0) is 42.5 Å². The molecule has 2 aromatic carbocycles. The summed E-state index contributed by atoms with van der Waals surface area (Å²) in [6, 6.07) is 9.48. The smallest absolute Gasteiger partial charge is 0.258 e. The molecule has 0 spiro atoms. The first-order valence-corrected chi connectivity index (χ1v) is 7.50. The van der Waals surface area contributed by atoms with E-state index in [-0.39, 0.29) is 16.5 Å². The first kappa shape index (κ1) is 16.8. The van der Waals surface area contributed by atoms with Crippen LogP contribution in [-0.4, -0.2) is 15.9 Å². The zero-order valence-electron chi connectivity index (χ0n) is 12.6. The number of anilines is 3. The van der Waals surface area contributed by atoms with Crippen LogP contribution in [0.1, 0.15) is 10.4 Å². The summed E-state index contributed by atoms with van der Waals surface area (Å²) in [6.07, 6.45) is 2.67. The molecular formula is C17H11ClF2N4O. The Morgan fingerprint density at radius 2 is 1.60 bits per heavy atom. The van der Waals surface area contributed by atoms with E-state index in [2.05, 4.69) is 20.6 Å². The lowest BCUT2D eigenvalue weighted by Gasteiger charge is -2.07. The van der Waals surface area contributed by atoms with E-state index in [1.807, 2.05) is 0 Å². The molecule has 0 atom stereocenters. The summed E-state index contributed by atoms with van der Waals surface area (Å²) in [5, 5.41) is 5.42. The molecule has 0 aliphatic heterocycles. The Hall–Kier alpha value is -3.06. The van der Waals surface area contributed by atoms with Crippen molar-refractivity contribution in [2.24, 2.45) is 0 Å². The highest BCUT2D eigenvalue weighted by Gasteiger charge is 2.08. The Bertz CT molecular complexity index is 902. The lowest BCUT2D eigenvalue weighted by Crippen LogP contribution is -2.13. The largest absolute Gasteiger partial charge is 0.324 e. The number of carbonyl (C=O) groups is 1. The minimum Gasteiger partial charge on any atom is -0.324 e. The maximum absolute atomic E-state index is 13.1. The van der Waals surface area contributed by atoms with Crippen LogP contribution in [0.5, 0.6) is 0 Å². The summed E-state index contributed by atoms with van der Waals surface area (Å²) >= 11 is 5.70. The zero-order chi connectivity index (χ0) is 17.8. The van der Waals surface area contributed by atoms with Crippen LogP contribution in [-0.2, 0) is 0 Å². The summed E-state index contributed by atoms with van der Waals surface area (Å²) in [7, 11) is 0. The maximum atomic E-state index is 13.1.